The van der Waals surface area contributed by atoms with Gasteiger partial charge in [0, 0.05) is 12.6 Å². The minimum atomic E-state index is 0.0526. The van der Waals surface area contributed by atoms with Gasteiger partial charge in [0.2, 0.25) is 5.91 Å². The van der Waals surface area contributed by atoms with Crippen LogP contribution in [-0.2, 0) is 4.79 Å². The number of aryl methyl sites for hydroxylation is 1. The summed E-state index contributed by atoms with van der Waals surface area (Å²) in [6.45, 7) is 5.79. The first kappa shape index (κ1) is 13.9. The predicted octanol–water partition coefficient (Wildman–Crippen LogP) is 2.05. The molecular formula is C15H22N2O2. The van der Waals surface area contributed by atoms with E-state index in [1.807, 2.05) is 19.9 Å². The number of carbonyl (C=O) groups excluding carboxylic acids is 1. The van der Waals surface area contributed by atoms with Gasteiger partial charge in [-0.25, -0.2) is 0 Å². The van der Waals surface area contributed by atoms with Crippen molar-refractivity contribution in [1.82, 2.24) is 5.32 Å². The van der Waals surface area contributed by atoms with Crippen LogP contribution in [0.2, 0.25) is 0 Å². The molecule has 2 N–H and O–H groups in total. The van der Waals surface area contributed by atoms with Crippen LogP contribution in [0.4, 0.5) is 5.69 Å². The molecule has 104 valence electrons. The number of aromatic hydroxyl groups is 1. The summed E-state index contributed by atoms with van der Waals surface area (Å²) in [6.07, 6.45) is 2.56. The van der Waals surface area contributed by atoms with Crippen LogP contribution < -0.4 is 10.2 Å². The number of phenols is 1. The third-order valence-corrected chi connectivity index (χ3v) is 3.51. The van der Waals surface area contributed by atoms with Crippen molar-refractivity contribution in [3.8, 4) is 5.75 Å². The highest BCUT2D eigenvalue weighted by atomic mass is 16.3. The van der Waals surface area contributed by atoms with Crippen LogP contribution in [0.15, 0.2) is 18.2 Å². The van der Waals surface area contributed by atoms with E-state index in [9.17, 15) is 9.90 Å². The first-order valence-electron chi connectivity index (χ1n) is 6.92. The van der Waals surface area contributed by atoms with Crippen molar-refractivity contribution in [3.05, 3.63) is 23.8 Å². The van der Waals surface area contributed by atoms with Gasteiger partial charge in [-0.2, -0.15) is 0 Å². The largest absolute Gasteiger partial charge is 0.508 e. The van der Waals surface area contributed by atoms with Crippen molar-refractivity contribution in [2.75, 3.05) is 24.5 Å². The van der Waals surface area contributed by atoms with Crippen LogP contribution >= 0.6 is 0 Å². The number of carbonyl (C=O) groups is 1. The number of nitrogens with one attached hydrogen (secondary N) is 1. The fourth-order valence-corrected chi connectivity index (χ4v) is 2.17. The third kappa shape index (κ3) is 3.70. The molecule has 1 aromatic carbocycles. The molecule has 4 nitrogen and oxygen atoms in total. The minimum absolute atomic E-state index is 0.0526. The Balaban J connectivity index is 2.00. The Labute approximate surface area is 114 Å². The number of nitrogens with zero attached hydrogens (tertiary/aromatic N) is 1. The fraction of sp³-hybridized carbons (Fsp3) is 0.533. The predicted molar refractivity (Wildman–Crippen MR) is 76.5 cm³/mol. The fourth-order valence-electron chi connectivity index (χ4n) is 2.17. The first-order valence-corrected chi connectivity index (χ1v) is 6.92. The molecule has 1 saturated carbocycles. The molecule has 0 aliphatic heterocycles. The number of likely N-dealkylation sites (N-methyl/N-ethyl adjacent to an activating group) is 1. The normalized spacial score (nSPS) is 14.4. The molecule has 1 fully saturated rings. The number of anilines is 1. The molecule has 19 heavy (non-hydrogen) atoms. The molecule has 1 aliphatic carbocycles. The first-order chi connectivity index (χ1) is 9.11. The van der Waals surface area contributed by atoms with Crippen LogP contribution in [0.1, 0.15) is 25.3 Å². The molecule has 1 amide bonds. The van der Waals surface area contributed by atoms with E-state index in [4.69, 9.17) is 0 Å². The maximum Gasteiger partial charge on any atom is 0.240 e. The molecule has 0 saturated heterocycles. The summed E-state index contributed by atoms with van der Waals surface area (Å²) < 4.78 is 0. The van der Waals surface area contributed by atoms with Gasteiger partial charge in [-0.05, 0) is 50.8 Å². The number of phenolic OH excluding ortho intramolecular Hbond substituents is 1. The van der Waals surface area contributed by atoms with Crippen LogP contribution in [-0.4, -0.2) is 30.6 Å². The molecule has 2 rings (SSSR count). The van der Waals surface area contributed by atoms with Gasteiger partial charge in [0.15, 0.2) is 0 Å². The van der Waals surface area contributed by atoms with E-state index < -0.39 is 0 Å². The van der Waals surface area contributed by atoms with Gasteiger partial charge in [0.25, 0.3) is 0 Å². The highest BCUT2D eigenvalue weighted by Gasteiger charge is 2.22. The Kier molecular flexibility index (Phi) is 4.43. The summed E-state index contributed by atoms with van der Waals surface area (Å²) in [5, 5.41) is 12.8. The van der Waals surface area contributed by atoms with Crippen molar-refractivity contribution < 1.29 is 9.90 Å². The van der Waals surface area contributed by atoms with E-state index in [2.05, 4.69) is 5.32 Å². The van der Waals surface area contributed by atoms with E-state index in [1.54, 1.807) is 17.0 Å². The van der Waals surface area contributed by atoms with Crippen LogP contribution in [0.25, 0.3) is 0 Å². The van der Waals surface area contributed by atoms with Crippen molar-refractivity contribution in [2.24, 2.45) is 5.92 Å². The molecule has 1 aromatic rings. The smallest absolute Gasteiger partial charge is 0.240 e. The minimum Gasteiger partial charge on any atom is -0.508 e. The molecule has 0 radical (unpaired) electrons. The second-order valence-electron chi connectivity index (χ2n) is 5.18. The number of hydrogen-bond donors (Lipinski definition) is 2. The van der Waals surface area contributed by atoms with Gasteiger partial charge in [-0.3, -0.25) is 4.79 Å². The zero-order valence-electron chi connectivity index (χ0n) is 11.6. The van der Waals surface area contributed by atoms with Gasteiger partial charge >= 0.3 is 0 Å². The van der Waals surface area contributed by atoms with Gasteiger partial charge < -0.3 is 15.3 Å². The summed E-state index contributed by atoms with van der Waals surface area (Å²) in [7, 11) is 0. The molecule has 0 bridgehead atoms. The molecule has 1 aliphatic rings. The lowest BCUT2D eigenvalue weighted by atomic mass is 10.1. The Morgan fingerprint density at radius 3 is 2.84 bits per heavy atom. The molecular weight excluding hydrogens is 240 g/mol. The van der Waals surface area contributed by atoms with Crippen molar-refractivity contribution in [1.29, 1.82) is 0 Å². The van der Waals surface area contributed by atoms with Crippen LogP contribution in [0.5, 0.6) is 5.75 Å². The summed E-state index contributed by atoms with van der Waals surface area (Å²) in [5.41, 5.74) is 1.79. The Bertz CT molecular complexity index is 455. The van der Waals surface area contributed by atoms with Gasteiger partial charge in [0.05, 0.1) is 12.2 Å². The second-order valence-corrected chi connectivity index (χ2v) is 5.18. The third-order valence-electron chi connectivity index (χ3n) is 3.51. The summed E-state index contributed by atoms with van der Waals surface area (Å²) in [6, 6.07) is 5.12. The van der Waals surface area contributed by atoms with E-state index in [1.165, 1.54) is 12.8 Å². The molecule has 0 spiro atoms. The van der Waals surface area contributed by atoms with Crippen molar-refractivity contribution in [3.63, 3.8) is 0 Å². The van der Waals surface area contributed by atoms with E-state index in [0.717, 1.165) is 23.7 Å². The van der Waals surface area contributed by atoms with Gasteiger partial charge in [-0.1, -0.05) is 6.07 Å². The lowest BCUT2D eigenvalue weighted by molar-refractivity contribution is -0.117. The Morgan fingerprint density at radius 2 is 2.21 bits per heavy atom. The average molecular weight is 262 g/mol. The summed E-state index contributed by atoms with van der Waals surface area (Å²) in [5.74, 6) is 1.01. The number of benzene rings is 1. The summed E-state index contributed by atoms with van der Waals surface area (Å²) >= 11 is 0. The quantitative estimate of drug-likeness (QED) is 0.825. The van der Waals surface area contributed by atoms with E-state index in [0.29, 0.717) is 13.1 Å². The van der Waals surface area contributed by atoms with Crippen LogP contribution in [0.3, 0.4) is 0 Å². The molecule has 0 heterocycles. The van der Waals surface area contributed by atoms with Crippen molar-refractivity contribution in [2.45, 2.75) is 26.7 Å². The van der Waals surface area contributed by atoms with E-state index in [-0.39, 0.29) is 11.7 Å². The number of hydrogen-bond acceptors (Lipinski definition) is 3. The van der Waals surface area contributed by atoms with E-state index >= 15 is 0 Å². The SMILES string of the molecule is CCN(C(=O)CNCC1CC1)c1cc(O)ccc1C. The lowest BCUT2D eigenvalue weighted by Crippen LogP contribution is -2.39. The molecule has 0 unspecified atom stereocenters. The van der Waals surface area contributed by atoms with Crippen molar-refractivity contribution >= 4 is 11.6 Å². The highest BCUT2D eigenvalue weighted by Crippen LogP contribution is 2.27. The zero-order valence-corrected chi connectivity index (χ0v) is 11.6. The maximum atomic E-state index is 12.2. The highest BCUT2D eigenvalue weighted by molar-refractivity contribution is 5.95. The van der Waals surface area contributed by atoms with Gasteiger partial charge in [0.1, 0.15) is 5.75 Å². The molecule has 0 aromatic heterocycles. The number of amides is 1. The second kappa shape index (κ2) is 6.06. The average Bonchev–Trinajstić information content (AvgIpc) is 3.18. The monoisotopic (exact) mass is 262 g/mol. The lowest BCUT2D eigenvalue weighted by Gasteiger charge is -2.23. The van der Waals surface area contributed by atoms with Gasteiger partial charge in [-0.15, -0.1) is 0 Å². The molecule has 0 atom stereocenters. The summed E-state index contributed by atoms with van der Waals surface area (Å²) in [4.78, 5) is 13.9. The molecule has 4 heteroatoms. The van der Waals surface area contributed by atoms with Crippen LogP contribution in [0, 0.1) is 12.8 Å². The Hall–Kier alpha value is -1.55. The zero-order chi connectivity index (χ0) is 13.8. The Morgan fingerprint density at radius 1 is 1.47 bits per heavy atom. The maximum absolute atomic E-state index is 12.2. The standard InChI is InChI=1S/C15H22N2O2/c1-3-17(14-8-13(18)7-4-11(14)2)15(19)10-16-9-12-5-6-12/h4,7-8,12,16,18H,3,5-6,9-10H2,1-2H3. The topological polar surface area (TPSA) is 52.6 Å². The number of rotatable bonds is 6.